The number of aliphatic hydroxyl groups is 1. The van der Waals surface area contributed by atoms with Gasteiger partial charge in [0.15, 0.2) is 0 Å². The molecule has 3 atom stereocenters. The van der Waals surface area contributed by atoms with Crippen LogP contribution in [0.3, 0.4) is 0 Å². The summed E-state index contributed by atoms with van der Waals surface area (Å²) in [6, 6.07) is 6.70. The lowest BCUT2D eigenvalue weighted by atomic mass is 9.57. The summed E-state index contributed by atoms with van der Waals surface area (Å²) in [5.41, 5.74) is 6.79. The molecule has 0 spiro atoms. The van der Waals surface area contributed by atoms with Crippen LogP contribution in [0.15, 0.2) is 41.0 Å². The summed E-state index contributed by atoms with van der Waals surface area (Å²) in [5, 5.41) is 9.76. The molecular formula is C24H31NO3. The van der Waals surface area contributed by atoms with Crippen LogP contribution in [-0.2, 0) is 21.6 Å². The van der Waals surface area contributed by atoms with Crippen molar-refractivity contribution >= 4 is 5.97 Å². The third-order valence-electron chi connectivity index (χ3n) is 7.40. The number of esters is 1. The van der Waals surface area contributed by atoms with Gasteiger partial charge in [-0.2, -0.15) is 0 Å². The molecule has 1 aromatic rings. The van der Waals surface area contributed by atoms with Crippen molar-refractivity contribution in [2.45, 2.75) is 58.1 Å². The summed E-state index contributed by atoms with van der Waals surface area (Å²) in [6.07, 6.45) is 5.02. The first kappa shape index (κ1) is 19.4. The molecule has 2 fully saturated rings. The van der Waals surface area contributed by atoms with E-state index in [0.29, 0.717) is 6.04 Å². The Labute approximate surface area is 167 Å². The summed E-state index contributed by atoms with van der Waals surface area (Å²) in [7, 11) is 1.50. The molecule has 0 radical (unpaired) electrons. The third kappa shape index (κ3) is 2.54. The highest BCUT2D eigenvalue weighted by molar-refractivity contribution is 5.92. The predicted octanol–water partition coefficient (Wildman–Crippen LogP) is 3.66. The molecule has 0 saturated carbocycles. The van der Waals surface area contributed by atoms with Crippen LogP contribution in [0.5, 0.6) is 0 Å². The number of aliphatic hydroxyl groups excluding tert-OH is 1. The van der Waals surface area contributed by atoms with Crippen LogP contribution in [-0.4, -0.2) is 42.2 Å². The van der Waals surface area contributed by atoms with Gasteiger partial charge in [-0.3, -0.25) is 4.90 Å². The Bertz CT molecular complexity index is 869. The molecule has 2 aliphatic heterocycles. The van der Waals surface area contributed by atoms with Crippen LogP contribution in [0.25, 0.3) is 0 Å². The van der Waals surface area contributed by atoms with Gasteiger partial charge in [0.1, 0.15) is 0 Å². The second-order valence-electron chi connectivity index (χ2n) is 8.40. The number of rotatable bonds is 4. The quantitative estimate of drug-likeness (QED) is 0.639. The average Bonchev–Trinajstić information content (AvgIpc) is 3.13. The summed E-state index contributed by atoms with van der Waals surface area (Å²) in [6.45, 7) is 8.43. The first-order valence-electron chi connectivity index (χ1n) is 10.4. The minimum absolute atomic E-state index is 0.0398. The number of methoxy groups -OCH3 is 1. The Morgan fingerprint density at radius 1 is 1.43 bits per heavy atom. The minimum Gasteiger partial charge on any atom is -0.466 e. The van der Waals surface area contributed by atoms with Crippen molar-refractivity contribution in [2.24, 2.45) is 5.92 Å². The standard InChI is InChI=1S/C24H31NO3/c1-5-17-13-25-10-9-24(20-11-16(14-26)8-7-15(20)3)19(6-2)22(23(27)28-4)18(17)12-21(24)25/h5,7-8,11,18,21,26H,6,9-10,12-14H2,1-4H3/b17-5-/t18?,21-,24+/m0/s1. The van der Waals surface area contributed by atoms with E-state index in [2.05, 4.69) is 43.9 Å². The Morgan fingerprint density at radius 3 is 2.86 bits per heavy atom. The van der Waals surface area contributed by atoms with Crippen molar-refractivity contribution in [1.82, 2.24) is 4.90 Å². The molecule has 2 heterocycles. The van der Waals surface area contributed by atoms with Crippen molar-refractivity contribution in [1.29, 1.82) is 0 Å². The van der Waals surface area contributed by atoms with E-state index < -0.39 is 0 Å². The second-order valence-corrected chi connectivity index (χ2v) is 8.40. The smallest absolute Gasteiger partial charge is 0.334 e. The van der Waals surface area contributed by atoms with Crippen molar-refractivity contribution in [2.75, 3.05) is 20.2 Å². The van der Waals surface area contributed by atoms with Crippen LogP contribution >= 0.6 is 0 Å². The number of piperidine rings is 1. The molecule has 2 bridgehead atoms. The molecule has 4 nitrogen and oxygen atoms in total. The number of carbonyl (C=O) groups is 1. The van der Waals surface area contributed by atoms with Gasteiger partial charge in [0, 0.05) is 36.0 Å². The zero-order valence-electron chi connectivity index (χ0n) is 17.4. The van der Waals surface area contributed by atoms with Gasteiger partial charge in [-0.1, -0.05) is 36.8 Å². The summed E-state index contributed by atoms with van der Waals surface area (Å²) >= 11 is 0. The van der Waals surface area contributed by atoms with E-state index in [-0.39, 0.29) is 23.9 Å². The number of fused-ring (bicyclic) bond motifs is 1. The molecule has 3 aliphatic rings. The molecule has 0 aromatic heterocycles. The number of hydrogen-bond acceptors (Lipinski definition) is 4. The fourth-order valence-corrected chi connectivity index (χ4v) is 6.22. The predicted molar refractivity (Wildman–Crippen MR) is 110 cm³/mol. The Morgan fingerprint density at radius 2 is 2.21 bits per heavy atom. The van der Waals surface area contributed by atoms with E-state index in [1.165, 1.54) is 29.4 Å². The van der Waals surface area contributed by atoms with Gasteiger partial charge in [0.25, 0.3) is 0 Å². The summed E-state index contributed by atoms with van der Waals surface area (Å²) in [4.78, 5) is 15.6. The fourth-order valence-electron chi connectivity index (χ4n) is 6.22. The van der Waals surface area contributed by atoms with Gasteiger partial charge in [-0.25, -0.2) is 4.79 Å². The fraction of sp³-hybridized carbons (Fsp3) is 0.542. The van der Waals surface area contributed by atoms with Gasteiger partial charge in [0.2, 0.25) is 0 Å². The Kier molecular flexibility index (Phi) is 4.96. The van der Waals surface area contributed by atoms with Crippen LogP contribution in [0.4, 0.5) is 0 Å². The van der Waals surface area contributed by atoms with Gasteiger partial charge >= 0.3 is 5.97 Å². The Hall–Kier alpha value is -1.91. The number of nitrogens with zero attached hydrogens (tertiary/aromatic N) is 1. The largest absolute Gasteiger partial charge is 0.466 e. The van der Waals surface area contributed by atoms with Gasteiger partial charge in [-0.15, -0.1) is 0 Å². The normalized spacial score (nSPS) is 30.8. The van der Waals surface area contributed by atoms with E-state index in [9.17, 15) is 9.90 Å². The van der Waals surface area contributed by atoms with Crippen LogP contribution in [0, 0.1) is 12.8 Å². The molecule has 1 unspecified atom stereocenters. The van der Waals surface area contributed by atoms with Crippen molar-refractivity contribution in [3.05, 3.63) is 57.7 Å². The zero-order chi connectivity index (χ0) is 20.1. The SMILES string of the molecule is C/C=C1/CN2CC[C@]3(c4cc(CO)ccc4C)C(CC)=C(C(=O)OC)C1C[C@H]23. The lowest BCUT2D eigenvalue weighted by Crippen LogP contribution is -2.54. The van der Waals surface area contributed by atoms with Gasteiger partial charge < -0.3 is 9.84 Å². The van der Waals surface area contributed by atoms with Gasteiger partial charge in [-0.05, 0) is 55.4 Å². The van der Waals surface area contributed by atoms with E-state index in [1.807, 2.05) is 6.07 Å². The second kappa shape index (κ2) is 7.16. The molecule has 1 aliphatic carbocycles. The number of benzene rings is 1. The third-order valence-corrected chi connectivity index (χ3v) is 7.40. The topological polar surface area (TPSA) is 49.8 Å². The summed E-state index contributed by atoms with van der Waals surface area (Å²) in [5.74, 6) is -0.00320. The molecule has 4 heteroatoms. The van der Waals surface area contributed by atoms with Crippen molar-refractivity contribution in [3.8, 4) is 0 Å². The molecule has 4 rings (SSSR count). The lowest BCUT2D eigenvalue weighted by Gasteiger charge is -2.51. The maximum absolute atomic E-state index is 13.0. The highest BCUT2D eigenvalue weighted by Crippen LogP contribution is 2.58. The lowest BCUT2D eigenvalue weighted by molar-refractivity contribution is -0.137. The van der Waals surface area contributed by atoms with E-state index in [1.54, 1.807) is 0 Å². The molecule has 150 valence electrons. The van der Waals surface area contributed by atoms with Crippen LogP contribution in [0.2, 0.25) is 0 Å². The molecular weight excluding hydrogens is 350 g/mol. The van der Waals surface area contributed by atoms with Gasteiger partial charge in [0.05, 0.1) is 13.7 Å². The Balaban J connectivity index is 2.03. The number of aryl methyl sites for hydroxylation is 1. The highest BCUT2D eigenvalue weighted by atomic mass is 16.5. The summed E-state index contributed by atoms with van der Waals surface area (Å²) < 4.78 is 5.29. The number of allylic oxidation sites excluding steroid dienone is 1. The first-order valence-corrected chi connectivity index (χ1v) is 10.4. The first-order chi connectivity index (χ1) is 13.5. The number of hydrogen-bond donors (Lipinski definition) is 1. The van der Waals surface area contributed by atoms with Crippen LogP contribution in [0.1, 0.15) is 49.8 Å². The average molecular weight is 382 g/mol. The van der Waals surface area contributed by atoms with Crippen molar-refractivity contribution < 1.29 is 14.6 Å². The maximum Gasteiger partial charge on any atom is 0.334 e. The number of carbonyl (C=O) groups excluding carboxylic acids is 1. The monoisotopic (exact) mass is 381 g/mol. The van der Waals surface area contributed by atoms with E-state index in [4.69, 9.17) is 4.74 Å². The van der Waals surface area contributed by atoms with E-state index in [0.717, 1.165) is 43.5 Å². The number of ether oxygens (including phenoxy) is 1. The molecule has 28 heavy (non-hydrogen) atoms. The maximum atomic E-state index is 13.0. The molecule has 1 aromatic carbocycles. The zero-order valence-corrected chi connectivity index (χ0v) is 17.4. The molecule has 0 amide bonds. The van der Waals surface area contributed by atoms with Crippen LogP contribution < -0.4 is 0 Å². The minimum atomic E-state index is -0.171. The van der Waals surface area contributed by atoms with E-state index >= 15 is 0 Å². The highest BCUT2D eigenvalue weighted by Gasteiger charge is 2.58. The van der Waals surface area contributed by atoms with Crippen molar-refractivity contribution in [3.63, 3.8) is 0 Å². The molecule has 1 N–H and O–H groups in total. The molecule has 2 saturated heterocycles.